The first-order chi connectivity index (χ1) is 14.5. The molecule has 3 rings (SSSR count). The Labute approximate surface area is 176 Å². The molecule has 0 unspecified atom stereocenters. The first kappa shape index (κ1) is 21.1. The van der Waals surface area contributed by atoms with Crippen LogP contribution in [-0.2, 0) is 11.2 Å². The normalized spacial score (nSPS) is 10.5. The highest BCUT2D eigenvalue weighted by molar-refractivity contribution is 5.93. The van der Waals surface area contributed by atoms with Crippen LogP contribution >= 0.6 is 0 Å². The lowest BCUT2D eigenvalue weighted by Crippen LogP contribution is -2.11. The van der Waals surface area contributed by atoms with Gasteiger partial charge in [-0.1, -0.05) is 42.5 Å². The van der Waals surface area contributed by atoms with Gasteiger partial charge in [0.05, 0.1) is 23.8 Å². The van der Waals surface area contributed by atoms with Gasteiger partial charge in [0.15, 0.2) is 0 Å². The monoisotopic (exact) mass is 404 g/mol. The van der Waals surface area contributed by atoms with Gasteiger partial charge >= 0.3 is 11.9 Å². The van der Waals surface area contributed by atoms with E-state index < -0.39 is 11.9 Å². The highest BCUT2D eigenvalue weighted by atomic mass is 16.5. The maximum Gasteiger partial charge on any atom is 0.343 e. The van der Waals surface area contributed by atoms with Crippen LogP contribution in [0.15, 0.2) is 78.9 Å². The van der Waals surface area contributed by atoms with Crippen LogP contribution in [0.1, 0.15) is 40.1 Å². The van der Waals surface area contributed by atoms with E-state index in [1.807, 2.05) is 44.2 Å². The summed E-state index contributed by atoms with van der Waals surface area (Å²) in [6.07, 6.45) is 0.636. The minimum absolute atomic E-state index is 0.000792. The summed E-state index contributed by atoms with van der Waals surface area (Å²) in [5.41, 5.74) is 1.78. The molecule has 0 atom stereocenters. The Bertz CT molecular complexity index is 995. The van der Waals surface area contributed by atoms with E-state index in [-0.39, 0.29) is 18.5 Å². The molecule has 0 N–H and O–H groups in total. The van der Waals surface area contributed by atoms with Gasteiger partial charge in [0.1, 0.15) is 11.5 Å². The van der Waals surface area contributed by atoms with Gasteiger partial charge in [0.2, 0.25) is 0 Å². The number of ether oxygens (including phenoxy) is 3. The summed E-state index contributed by atoms with van der Waals surface area (Å²) >= 11 is 0. The van der Waals surface area contributed by atoms with Crippen molar-refractivity contribution >= 4 is 11.9 Å². The fraction of sp³-hybridized carbons (Fsp3) is 0.200. The molecule has 0 aromatic heterocycles. The van der Waals surface area contributed by atoms with Crippen molar-refractivity contribution in [3.8, 4) is 11.5 Å². The molecule has 0 aliphatic carbocycles. The van der Waals surface area contributed by atoms with E-state index in [0.717, 1.165) is 5.56 Å². The van der Waals surface area contributed by atoms with Gasteiger partial charge in [0, 0.05) is 6.42 Å². The van der Waals surface area contributed by atoms with Crippen LogP contribution in [0.2, 0.25) is 0 Å². The molecule has 30 heavy (non-hydrogen) atoms. The highest BCUT2D eigenvalue weighted by Gasteiger charge is 2.13. The van der Waals surface area contributed by atoms with Gasteiger partial charge in [-0.15, -0.1) is 0 Å². The standard InChI is InChI=1S/C25H24O5/c1-18(2)29-22-12-7-11-21(17-22)25(27)30-23-13-6-10-20(16-23)24(26)28-15-14-19-8-4-3-5-9-19/h3-13,16-18H,14-15H2,1-2H3. The van der Waals surface area contributed by atoms with Crippen molar-refractivity contribution in [1.82, 2.24) is 0 Å². The van der Waals surface area contributed by atoms with E-state index >= 15 is 0 Å². The summed E-state index contributed by atoms with van der Waals surface area (Å²) in [7, 11) is 0. The minimum atomic E-state index is -0.529. The second kappa shape index (κ2) is 10.3. The second-order valence-corrected chi connectivity index (χ2v) is 6.98. The summed E-state index contributed by atoms with van der Waals surface area (Å²) in [4.78, 5) is 24.8. The van der Waals surface area contributed by atoms with Crippen LogP contribution < -0.4 is 9.47 Å². The van der Waals surface area contributed by atoms with Crippen LogP contribution in [0.3, 0.4) is 0 Å². The molecule has 0 fully saturated rings. The quantitative estimate of drug-likeness (QED) is 0.386. The van der Waals surface area contributed by atoms with Crippen LogP contribution in [0, 0.1) is 0 Å². The molecule has 0 aliphatic heterocycles. The fourth-order valence-corrected chi connectivity index (χ4v) is 2.81. The Kier molecular flexibility index (Phi) is 7.22. The van der Waals surface area contributed by atoms with Crippen LogP contribution in [0.25, 0.3) is 0 Å². The van der Waals surface area contributed by atoms with Crippen LogP contribution in [0.5, 0.6) is 11.5 Å². The summed E-state index contributed by atoms with van der Waals surface area (Å²) in [6.45, 7) is 4.10. The third-order valence-corrected chi connectivity index (χ3v) is 4.19. The number of carbonyl (C=O) groups is 2. The summed E-state index contributed by atoms with van der Waals surface area (Å²) in [5.74, 6) is -0.127. The number of benzene rings is 3. The average Bonchev–Trinajstić information content (AvgIpc) is 2.74. The number of esters is 2. The molecule has 5 nitrogen and oxygen atoms in total. The van der Waals surface area contributed by atoms with Gasteiger partial charge in [-0.25, -0.2) is 9.59 Å². The largest absolute Gasteiger partial charge is 0.491 e. The minimum Gasteiger partial charge on any atom is -0.491 e. The maximum absolute atomic E-state index is 12.5. The average molecular weight is 404 g/mol. The number of hydrogen-bond acceptors (Lipinski definition) is 5. The highest BCUT2D eigenvalue weighted by Crippen LogP contribution is 2.19. The zero-order chi connectivity index (χ0) is 21.3. The molecule has 0 aliphatic rings. The van der Waals surface area contributed by atoms with Crippen molar-refractivity contribution in [2.45, 2.75) is 26.4 Å². The lowest BCUT2D eigenvalue weighted by atomic mass is 10.2. The molecule has 0 spiro atoms. The topological polar surface area (TPSA) is 61.8 Å². The van der Waals surface area contributed by atoms with E-state index in [1.54, 1.807) is 42.5 Å². The summed E-state index contributed by atoms with van der Waals surface area (Å²) < 4.78 is 16.4. The van der Waals surface area contributed by atoms with Crippen molar-refractivity contribution in [1.29, 1.82) is 0 Å². The smallest absolute Gasteiger partial charge is 0.343 e. The first-order valence-electron chi connectivity index (χ1n) is 9.81. The third kappa shape index (κ3) is 6.21. The molecular weight excluding hydrogens is 380 g/mol. The number of hydrogen-bond donors (Lipinski definition) is 0. The van der Waals surface area contributed by atoms with E-state index in [0.29, 0.717) is 23.3 Å². The molecule has 3 aromatic carbocycles. The van der Waals surface area contributed by atoms with Gasteiger partial charge < -0.3 is 14.2 Å². The molecule has 0 heterocycles. The predicted molar refractivity (Wildman–Crippen MR) is 114 cm³/mol. The van der Waals surface area contributed by atoms with Gasteiger partial charge in [0.25, 0.3) is 0 Å². The van der Waals surface area contributed by atoms with Crippen molar-refractivity contribution in [2.24, 2.45) is 0 Å². The van der Waals surface area contributed by atoms with Crippen molar-refractivity contribution in [3.05, 3.63) is 95.6 Å². The van der Waals surface area contributed by atoms with Gasteiger partial charge in [-0.05, 0) is 55.8 Å². The molecule has 5 heteroatoms. The molecule has 0 bridgehead atoms. The molecule has 0 saturated heterocycles. The molecular formula is C25H24O5. The third-order valence-electron chi connectivity index (χ3n) is 4.19. The summed E-state index contributed by atoms with van der Waals surface area (Å²) in [6, 6.07) is 23.0. The fourth-order valence-electron chi connectivity index (χ4n) is 2.81. The van der Waals surface area contributed by atoms with E-state index in [9.17, 15) is 9.59 Å². The summed E-state index contributed by atoms with van der Waals surface area (Å²) in [5, 5.41) is 0. The molecule has 0 amide bonds. The predicted octanol–water partition coefficient (Wildman–Crippen LogP) is 5.09. The van der Waals surface area contributed by atoms with Crippen LogP contribution in [0.4, 0.5) is 0 Å². The van der Waals surface area contributed by atoms with Crippen molar-refractivity contribution < 1.29 is 23.8 Å². The van der Waals surface area contributed by atoms with Gasteiger partial charge in [-0.2, -0.15) is 0 Å². The SMILES string of the molecule is CC(C)Oc1cccc(C(=O)Oc2cccc(C(=O)OCCc3ccccc3)c2)c1. The molecule has 0 saturated carbocycles. The Morgan fingerprint density at radius 2 is 1.40 bits per heavy atom. The maximum atomic E-state index is 12.5. The van der Waals surface area contributed by atoms with Crippen molar-refractivity contribution in [3.63, 3.8) is 0 Å². The zero-order valence-electron chi connectivity index (χ0n) is 17.0. The van der Waals surface area contributed by atoms with Crippen LogP contribution in [-0.4, -0.2) is 24.6 Å². The Hall–Kier alpha value is -3.60. The molecule has 0 radical (unpaired) electrons. The lowest BCUT2D eigenvalue weighted by molar-refractivity contribution is 0.0507. The van der Waals surface area contributed by atoms with E-state index in [4.69, 9.17) is 14.2 Å². The van der Waals surface area contributed by atoms with E-state index in [1.165, 1.54) is 6.07 Å². The second-order valence-electron chi connectivity index (χ2n) is 6.98. The molecule has 3 aromatic rings. The number of carbonyl (C=O) groups excluding carboxylic acids is 2. The first-order valence-corrected chi connectivity index (χ1v) is 9.81. The van der Waals surface area contributed by atoms with Gasteiger partial charge in [-0.3, -0.25) is 0 Å². The Morgan fingerprint density at radius 1 is 0.767 bits per heavy atom. The Morgan fingerprint density at radius 3 is 2.10 bits per heavy atom. The Balaban J connectivity index is 1.59. The zero-order valence-corrected chi connectivity index (χ0v) is 17.0. The molecule has 154 valence electrons. The van der Waals surface area contributed by atoms with Crippen molar-refractivity contribution in [2.75, 3.05) is 6.61 Å². The van der Waals surface area contributed by atoms with E-state index in [2.05, 4.69) is 0 Å². The lowest BCUT2D eigenvalue weighted by Gasteiger charge is -2.11. The number of rotatable bonds is 8.